The molecule has 0 saturated heterocycles. The van der Waals surface area contributed by atoms with Crippen LogP contribution in [0.4, 0.5) is 5.69 Å². The van der Waals surface area contributed by atoms with E-state index in [0.717, 1.165) is 0 Å². The highest BCUT2D eigenvalue weighted by Gasteiger charge is 2.21. The normalized spacial score (nSPS) is 11.2. The minimum atomic E-state index is -0.704. The fourth-order valence-electron chi connectivity index (χ4n) is 2.33. The van der Waals surface area contributed by atoms with Crippen LogP contribution < -0.4 is 16.0 Å². The van der Waals surface area contributed by atoms with E-state index in [1.54, 1.807) is 43.1 Å². The molecular formula is C19H27N3O5S. The van der Waals surface area contributed by atoms with Crippen LogP contribution in [0.1, 0.15) is 36.0 Å². The van der Waals surface area contributed by atoms with Gasteiger partial charge in [-0.15, -0.1) is 0 Å². The number of hydrogen-bond donors (Lipinski definition) is 3. The molecule has 1 atom stereocenters. The van der Waals surface area contributed by atoms with Gasteiger partial charge < -0.3 is 20.7 Å². The zero-order valence-electron chi connectivity index (χ0n) is 16.4. The van der Waals surface area contributed by atoms with Crippen LogP contribution in [-0.2, 0) is 19.1 Å². The lowest BCUT2D eigenvalue weighted by molar-refractivity contribution is -0.142. The fourth-order valence-corrected chi connectivity index (χ4v) is 2.80. The van der Waals surface area contributed by atoms with E-state index in [-0.39, 0.29) is 24.1 Å². The van der Waals surface area contributed by atoms with Gasteiger partial charge in [-0.1, -0.05) is 0 Å². The van der Waals surface area contributed by atoms with Gasteiger partial charge in [-0.3, -0.25) is 14.4 Å². The van der Waals surface area contributed by atoms with E-state index in [1.807, 2.05) is 6.26 Å². The van der Waals surface area contributed by atoms with Crippen LogP contribution in [0.2, 0.25) is 0 Å². The number of ether oxygens (including phenoxy) is 1. The van der Waals surface area contributed by atoms with Crippen LogP contribution in [0, 0.1) is 0 Å². The number of carbonyl (C=O) groups excluding carboxylic acids is 4. The van der Waals surface area contributed by atoms with Crippen molar-refractivity contribution in [1.29, 1.82) is 0 Å². The molecule has 0 aliphatic rings. The molecule has 0 radical (unpaired) electrons. The van der Waals surface area contributed by atoms with Crippen LogP contribution in [0.15, 0.2) is 24.3 Å². The van der Waals surface area contributed by atoms with Gasteiger partial charge in [-0.2, -0.15) is 11.8 Å². The van der Waals surface area contributed by atoms with Gasteiger partial charge >= 0.3 is 5.97 Å². The molecule has 0 heterocycles. The third-order valence-corrected chi connectivity index (χ3v) is 4.56. The largest absolute Gasteiger partial charge is 0.467 e. The van der Waals surface area contributed by atoms with Crippen molar-refractivity contribution in [2.45, 2.75) is 31.7 Å². The van der Waals surface area contributed by atoms with Gasteiger partial charge in [0.25, 0.3) is 5.91 Å². The number of esters is 1. The first kappa shape index (κ1) is 23.5. The van der Waals surface area contributed by atoms with E-state index < -0.39 is 12.0 Å². The SMILES string of the molecule is CNC(=O)CCCC(=O)Nc1ccc(C(=O)N[C@H](CCSC)C(=O)OC)cc1. The molecule has 0 aromatic heterocycles. The summed E-state index contributed by atoms with van der Waals surface area (Å²) in [5, 5.41) is 7.89. The van der Waals surface area contributed by atoms with E-state index in [9.17, 15) is 19.2 Å². The Balaban J connectivity index is 2.58. The summed E-state index contributed by atoms with van der Waals surface area (Å²) in [6.45, 7) is 0. The Bertz CT molecular complexity index is 679. The number of thioether (sulfide) groups is 1. The van der Waals surface area contributed by atoms with Crippen molar-refractivity contribution in [2.24, 2.45) is 0 Å². The maximum Gasteiger partial charge on any atom is 0.328 e. The quantitative estimate of drug-likeness (QED) is 0.478. The average Bonchev–Trinajstić information content (AvgIpc) is 2.70. The fraction of sp³-hybridized carbons (Fsp3) is 0.474. The van der Waals surface area contributed by atoms with Gasteiger partial charge in [-0.05, 0) is 49.1 Å². The van der Waals surface area contributed by atoms with Crippen LogP contribution in [0.5, 0.6) is 0 Å². The molecule has 1 rings (SSSR count). The molecule has 28 heavy (non-hydrogen) atoms. The highest BCUT2D eigenvalue weighted by Crippen LogP contribution is 2.12. The molecule has 0 aliphatic heterocycles. The van der Waals surface area contributed by atoms with Crippen LogP contribution in [0.25, 0.3) is 0 Å². The molecule has 1 aromatic rings. The molecule has 0 aliphatic carbocycles. The van der Waals surface area contributed by atoms with E-state index in [4.69, 9.17) is 4.74 Å². The first-order valence-electron chi connectivity index (χ1n) is 8.89. The van der Waals surface area contributed by atoms with Crippen LogP contribution in [-0.4, -0.2) is 55.9 Å². The summed E-state index contributed by atoms with van der Waals surface area (Å²) >= 11 is 1.58. The van der Waals surface area contributed by atoms with Gasteiger partial charge in [-0.25, -0.2) is 4.79 Å². The van der Waals surface area contributed by atoms with Crippen molar-refractivity contribution in [2.75, 3.05) is 31.5 Å². The Labute approximate surface area is 169 Å². The Morgan fingerprint density at radius 3 is 2.29 bits per heavy atom. The maximum atomic E-state index is 12.4. The first-order valence-corrected chi connectivity index (χ1v) is 10.3. The van der Waals surface area contributed by atoms with Gasteiger partial charge in [0, 0.05) is 31.1 Å². The van der Waals surface area contributed by atoms with E-state index >= 15 is 0 Å². The van der Waals surface area contributed by atoms with Crippen molar-refractivity contribution < 1.29 is 23.9 Å². The van der Waals surface area contributed by atoms with E-state index in [0.29, 0.717) is 36.3 Å². The lowest BCUT2D eigenvalue weighted by Gasteiger charge is -2.16. The summed E-state index contributed by atoms with van der Waals surface area (Å²) in [7, 11) is 2.84. The third kappa shape index (κ3) is 8.43. The second-order valence-electron chi connectivity index (χ2n) is 5.98. The molecule has 3 amide bonds. The lowest BCUT2D eigenvalue weighted by atomic mass is 10.1. The zero-order chi connectivity index (χ0) is 20.9. The summed E-state index contributed by atoms with van der Waals surface area (Å²) in [4.78, 5) is 47.2. The molecule has 9 heteroatoms. The lowest BCUT2D eigenvalue weighted by Crippen LogP contribution is -2.41. The maximum absolute atomic E-state index is 12.4. The molecule has 0 saturated carbocycles. The van der Waals surface area contributed by atoms with Crippen molar-refractivity contribution >= 4 is 41.1 Å². The standard InChI is InChI=1S/C19H27N3O5S/c1-20-16(23)5-4-6-17(24)21-14-9-7-13(8-10-14)18(25)22-15(11-12-28-3)19(26)27-2/h7-10,15H,4-6,11-12H2,1-3H3,(H,20,23)(H,21,24)(H,22,25)/t15-/m1/s1. The second-order valence-corrected chi connectivity index (χ2v) is 6.97. The smallest absolute Gasteiger partial charge is 0.328 e. The highest BCUT2D eigenvalue weighted by atomic mass is 32.2. The summed E-state index contributed by atoms with van der Waals surface area (Å²) < 4.78 is 4.73. The number of benzene rings is 1. The van der Waals surface area contributed by atoms with Crippen molar-refractivity contribution in [3.05, 3.63) is 29.8 Å². The number of amides is 3. The summed E-state index contributed by atoms with van der Waals surface area (Å²) in [6, 6.07) is 5.66. The van der Waals surface area contributed by atoms with Crippen LogP contribution >= 0.6 is 11.8 Å². The topological polar surface area (TPSA) is 114 Å². The van der Waals surface area contributed by atoms with Gasteiger partial charge in [0.15, 0.2) is 0 Å². The van der Waals surface area contributed by atoms with Crippen molar-refractivity contribution in [3.63, 3.8) is 0 Å². The van der Waals surface area contributed by atoms with Gasteiger partial charge in [0.1, 0.15) is 6.04 Å². The number of anilines is 1. The van der Waals surface area contributed by atoms with Crippen molar-refractivity contribution in [1.82, 2.24) is 10.6 Å². The van der Waals surface area contributed by atoms with Crippen LogP contribution in [0.3, 0.4) is 0 Å². The Kier molecular flexibility index (Phi) is 10.7. The summed E-state index contributed by atoms with van der Waals surface area (Å²) in [5.74, 6) is -0.469. The van der Waals surface area contributed by atoms with Crippen molar-refractivity contribution in [3.8, 4) is 0 Å². The van der Waals surface area contributed by atoms with E-state index in [2.05, 4.69) is 16.0 Å². The molecule has 154 valence electrons. The number of methoxy groups -OCH3 is 1. The second kappa shape index (κ2) is 12.8. The minimum Gasteiger partial charge on any atom is -0.467 e. The first-order chi connectivity index (χ1) is 13.4. The molecule has 8 nitrogen and oxygen atoms in total. The van der Waals surface area contributed by atoms with E-state index in [1.165, 1.54) is 7.11 Å². The third-order valence-electron chi connectivity index (χ3n) is 3.92. The number of carbonyl (C=O) groups is 4. The monoisotopic (exact) mass is 409 g/mol. The molecule has 0 unspecified atom stereocenters. The number of nitrogens with one attached hydrogen (secondary N) is 3. The summed E-state index contributed by atoms with van der Waals surface area (Å²) in [5.41, 5.74) is 0.920. The van der Waals surface area contributed by atoms with Gasteiger partial charge in [0.2, 0.25) is 11.8 Å². The predicted molar refractivity (Wildman–Crippen MR) is 109 cm³/mol. The predicted octanol–water partition coefficient (Wildman–Crippen LogP) is 1.57. The Morgan fingerprint density at radius 1 is 1.07 bits per heavy atom. The zero-order valence-corrected chi connectivity index (χ0v) is 17.2. The highest BCUT2D eigenvalue weighted by molar-refractivity contribution is 7.98. The average molecular weight is 410 g/mol. The Morgan fingerprint density at radius 2 is 1.71 bits per heavy atom. The Hall–Kier alpha value is -2.55. The molecule has 1 aromatic carbocycles. The molecule has 0 spiro atoms. The number of rotatable bonds is 11. The molecular weight excluding hydrogens is 382 g/mol. The molecule has 0 fully saturated rings. The number of hydrogen-bond acceptors (Lipinski definition) is 6. The van der Waals surface area contributed by atoms with Gasteiger partial charge in [0.05, 0.1) is 7.11 Å². The minimum absolute atomic E-state index is 0.106. The molecule has 0 bridgehead atoms. The molecule has 3 N–H and O–H groups in total. The summed E-state index contributed by atoms with van der Waals surface area (Å²) in [6.07, 6.45) is 3.37.